The van der Waals surface area contributed by atoms with Gasteiger partial charge in [-0.05, 0) is 34.1 Å². The number of aromatic nitrogens is 1. The number of amides is 1. The van der Waals surface area contributed by atoms with Gasteiger partial charge >= 0.3 is 6.09 Å². The Kier molecular flexibility index (Phi) is 4.34. The van der Waals surface area contributed by atoms with Crippen molar-refractivity contribution in [1.82, 2.24) is 9.88 Å². The number of aliphatic hydroxyl groups is 1. The molecule has 0 radical (unpaired) electrons. The van der Waals surface area contributed by atoms with E-state index in [0.29, 0.717) is 13.1 Å². The smallest absolute Gasteiger partial charge is 0.410 e. The molecule has 2 atom stereocenters. The first-order valence-electron chi connectivity index (χ1n) is 6.82. The van der Waals surface area contributed by atoms with Gasteiger partial charge < -0.3 is 14.7 Å². The molecule has 2 rings (SSSR count). The zero-order chi connectivity index (χ0) is 14.9. The van der Waals surface area contributed by atoms with Crippen molar-refractivity contribution in [3.63, 3.8) is 0 Å². The molecule has 5 nitrogen and oxygen atoms in total. The monoisotopic (exact) mass is 298 g/mol. The van der Waals surface area contributed by atoms with E-state index in [4.69, 9.17) is 4.74 Å². The molecule has 2 heterocycles. The maximum Gasteiger partial charge on any atom is 0.410 e. The minimum Gasteiger partial charge on any atom is -0.444 e. The summed E-state index contributed by atoms with van der Waals surface area (Å²) in [5.74, 6) is 0.0577. The standard InChI is InChI=1S/C14H22N2O3S/c1-9-15-6-11(20-9)5-10-7-16(8-12(10)17)13(18)19-14(2,3)4/h6,10,12,17H,5,7-8H2,1-4H3/t10-,12-/m1/s1. The van der Waals surface area contributed by atoms with Crippen LogP contribution >= 0.6 is 11.3 Å². The van der Waals surface area contributed by atoms with Gasteiger partial charge in [0, 0.05) is 23.5 Å². The van der Waals surface area contributed by atoms with Crippen molar-refractivity contribution >= 4 is 17.4 Å². The van der Waals surface area contributed by atoms with E-state index in [0.717, 1.165) is 16.3 Å². The summed E-state index contributed by atoms with van der Waals surface area (Å²) in [6.07, 6.45) is 1.76. The summed E-state index contributed by atoms with van der Waals surface area (Å²) < 4.78 is 5.34. The third-order valence-corrected chi connectivity index (χ3v) is 4.13. The van der Waals surface area contributed by atoms with E-state index >= 15 is 0 Å². The van der Waals surface area contributed by atoms with Crippen LogP contribution in [0.1, 0.15) is 30.7 Å². The van der Waals surface area contributed by atoms with E-state index in [1.165, 1.54) is 0 Å². The third kappa shape index (κ3) is 3.93. The second-order valence-electron chi connectivity index (χ2n) is 6.26. The number of carbonyl (C=O) groups excluding carboxylic acids is 1. The van der Waals surface area contributed by atoms with Crippen molar-refractivity contribution in [2.75, 3.05) is 13.1 Å². The first kappa shape index (κ1) is 15.3. The molecule has 20 heavy (non-hydrogen) atoms. The highest BCUT2D eigenvalue weighted by molar-refractivity contribution is 7.11. The van der Waals surface area contributed by atoms with Crippen LogP contribution in [0.15, 0.2) is 6.20 Å². The number of hydrogen-bond donors (Lipinski definition) is 1. The maximum atomic E-state index is 12.0. The van der Waals surface area contributed by atoms with Crippen LogP contribution in [0.5, 0.6) is 0 Å². The van der Waals surface area contributed by atoms with Crippen LogP contribution in [0.2, 0.25) is 0 Å². The molecule has 0 spiro atoms. The number of thiazole rings is 1. The number of hydrogen-bond acceptors (Lipinski definition) is 5. The molecule has 0 aliphatic carbocycles. The van der Waals surface area contributed by atoms with Crippen molar-refractivity contribution in [1.29, 1.82) is 0 Å². The lowest BCUT2D eigenvalue weighted by Gasteiger charge is -2.24. The van der Waals surface area contributed by atoms with E-state index in [-0.39, 0.29) is 12.0 Å². The lowest BCUT2D eigenvalue weighted by molar-refractivity contribution is 0.0270. The molecule has 1 aromatic heterocycles. The van der Waals surface area contributed by atoms with Gasteiger partial charge in [0.15, 0.2) is 0 Å². The Hall–Kier alpha value is -1.14. The summed E-state index contributed by atoms with van der Waals surface area (Å²) in [4.78, 5) is 19.0. The number of carbonyl (C=O) groups is 1. The number of rotatable bonds is 2. The largest absolute Gasteiger partial charge is 0.444 e. The van der Waals surface area contributed by atoms with Crippen LogP contribution in [0, 0.1) is 12.8 Å². The van der Waals surface area contributed by atoms with E-state index in [1.54, 1.807) is 16.2 Å². The SMILES string of the molecule is Cc1ncc(C[C@@H]2CN(C(=O)OC(C)(C)C)C[C@H]2O)s1. The van der Waals surface area contributed by atoms with Crippen molar-refractivity contribution in [2.24, 2.45) is 5.92 Å². The number of aryl methyl sites for hydroxylation is 1. The Bertz CT molecular complexity index is 481. The number of nitrogens with zero attached hydrogens (tertiary/aromatic N) is 2. The first-order chi connectivity index (χ1) is 9.24. The van der Waals surface area contributed by atoms with E-state index < -0.39 is 11.7 Å². The fourth-order valence-corrected chi connectivity index (χ4v) is 3.18. The first-order valence-corrected chi connectivity index (χ1v) is 7.63. The molecule has 0 saturated carbocycles. The van der Waals surface area contributed by atoms with Crippen molar-refractivity contribution in [2.45, 2.75) is 45.8 Å². The van der Waals surface area contributed by atoms with Gasteiger partial charge in [-0.3, -0.25) is 0 Å². The molecular formula is C14H22N2O3S. The Labute approximate surface area is 123 Å². The summed E-state index contributed by atoms with van der Waals surface area (Å²) in [7, 11) is 0. The molecule has 1 fully saturated rings. The Morgan fingerprint density at radius 1 is 1.55 bits per heavy atom. The Morgan fingerprint density at radius 3 is 2.80 bits per heavy atom. The predicted octanol–water partition coefficient (Wildman–Crippen LogP) is 2.22. The predicted molar refractivity (Wildman–Crippen MR) is 77.9 cm³/mol. The third-order valence-electron chi connectivity index (χ3n) is 3.19. The molecule has 0 bridgehead atoms. The second-order valence-corrected chi connectivity index (χ2v) is 7.58. The molecule has 1 aliphatic rings. The molecule has 1 amide bonds. The Morgan fingerprint density at radius 2 is 2.25 bits per heavy atom. The van der Waals surface area contributed by atoms with Gasteiger partial charge in [0.25, 0.3) is 0 Å². The van der Waals surface area contributed by atoms with Crippen LogP contribution in [-0.2, 0) is 11.2 Å². The van der Waals surface area contributed by atoms with Gasteiger partial charge in [-0.15, -0.1) is 11.3 Å². The zero-order valence-corrected chi connectivity index (χ0v) is 13.2. The minimum absolute atomic E-state index is 0.0577. The van der Waals surface area contributed by atoms with Crippen LogP contribution in [0.3, 0.4) is 0 Å². The van der Waals surface area contributed by atoms with E-state index in [1.807, 2.05) is 33.9 Å². The van der Waals surface area contributed by atoms with Crippen LogP contribution < -0.4 is 0 Å². The van der Waals surface area contributed by atoms with Gasteiger partial charge in [-0.1, -0.05) is 0 Å². The average molecular weight is 298 g/mol. The highest BCUT2D eigenvalue weighted by atomic mass is 32.1. The van der Waals surface area contributed by atoms with E-state index in [9.17, 15) is 9.90 Å². The number of β-amino-alcohol motifs (C(OH)–C–C–N with tert-alkyl or cyclic N) is 1. The van der Waals surface area contributed by atoms with Crippen molar-refractivity contribution in [3.05, 3.63) is 16.1 Å². The summed E-state index contributed by atoms with van der Waals surface area (Å²) in [6, 6.07) is 0. The Balaban J connectivity index is 1.93. The second kappa shape index (κ2) is 5.69. The van der Waals surface area contributed by atoms with Crippen molar-refractivity contribution in [3.8, 4) is 0 Å². The van der Waals surface area contributed by atoms with Gasteiger partial charge in [-0.2, -0.15) is 0 Å². The quantitative estimate of drug-likeness (QED) is 0.909. The van der Waals surface area contributed by atoms with Gasteiger partial charge in [0.1, 0.15) is 5.60 Å². The normalized spacial score (nSPS) is 23.1. The number of ether oxygens (including phenoxy) is 1. The van der Waals surface area contributed by atoms with Crippen LogP contribution in [0.25, 0.3) is 0 Å². The zero-order valence-electron chi connectivity index (χ0n) is 12.4. The molecular weight excluding hydrogens is 276 g/mol. The number of aliphatic hydroxyl groups excluding tert-OH is 1. The highest BCUT2D eigenvalue weighted by Gasteiger charge is 2.36. The van der Waals surface area contributed by atoms with Gasteiger partial charge in [0.2, 0.25) is 0 Å². The summed E-state index contributed by atoms with van der Waals surface area (Å²) in [6.45, 7) is 8.37. The van der Waals surface area contributed by atoms with Crippen LogP contribution in [-0.4, -0.2) is 45.9 Å². The molecule has 112 valence electrons. The fourth-order valence-electron chi connectivity index (χ4n) is 2.29. The average Bonchev–Trinajstić information content (AvgIpc) is 2.85. The number of likely N-dealkylation sites (tertiary alicyclic amines) is 1. The topological polar surface area (TPSA) is 62.7 Å². The molecule has 0 unspecified atom stereocenters. The highest BCUT2D eigenvalue weighted by Crippen LogP contribution is 2.25. The minimum atomic E-state index is -0.505. The molecule has 1 aliphatic heterocycles. The summed E-state index contributed by atoms with van der Waals surface area (Å²) in [5, 5.41) is 11.1. The van der Waals surface area contributed by atoms with Crippen LogP contribution in [0.4, 0.5) is 4.79 Å². The summed E-state index contributed by atoms with van der Waals surface area (Å²) >= 11 is 1.64. The van der Waals surface area contributed by atoms with E-state index in [2.05, 4.69) is 4.98 Å². The molecule has 1 N–H and O–H groups in total. The van der Waals surface area contributed by atoms with Gasteiger partial charge in [0.05, 0.1) is 17.7 Å². The van der Waals surface area contributed by atoms with Crippen molar-refractivity contribution < 1.29 is 14.6 Å². The fraction of sp³-hybridized carbons (Fsp3) is 0.714. The lowest BCUT2D eigenvalue weighted by Crippen LogP contribution is -2.35. The lowest BCUT2D eigenvalue weighted by atomic mass is 10.0. The summed E-state index contributed by atoms with van der Waals surface area (Å²) in [5.41, 5.74) is -0.505. The molecule has 6 heteroatoms. The molecule has 0 aromatic carbocycles. The molecule has 1 saturated heterocycles. The van der Waals surface area contributed by atoms with Gasteiger partial charge in [-0.25, -0.2) is 9.78 Å². The maximum absolute atomic E-state index is 12.0. The molecule has 1 aromatic rings.